The van der Waals surface area contributed by atoms with Gasteiger partial charge in [0.15, 0.2) is 0 Å². The number of rotatable bonds is 1. The summed E-state index contributed by atoms with van der Waals surface area (Å²) in [4.78, 5) is 0. The zero-order chi connectivity index (χ0) is 9.97. The average molecular weight is 277 g/mol. The monoisotopic (exact) mass is 275 g/mol. The van der Waals surface area contributed by atoms with Crippen molar-refractivity contribution in [3.8, 4) is 0 Å². The van der Waals surface area contributed by atoms with Crippen molar-refractivity contribution in [1.29, 1.82) is 0 Å². The van der Waals surface area contributed by atoms with Crippen LogP contribution in [-0.2, 0) is 4.74 Å². The molecule has 1 atom stereocenters. The zero-order valence-electron chi connectivity index (χ0n) is 7.59. The molecule has 1 aromatic carbocycles. The van der Waals surface area contributed by atoms with E-state index in [0.29, 0.717) is 0 Å². The van der Waals surface area contributed by atoms with Crippen molar-refractivity contribution in [3.05, 3.63) is 33.3 Å². The van der Waals surface area contributed by atoms with Crippen molar-refractivity contribution in [2.45, 2.75) is 6.10 Å². The van der Waals surface area contributed by atoms with Gasteiger partial charge in [-0.25, -0.2) is 0 Å². The Kier molecular flexibility index (Phi) is 3.44. The van der Waals surface area contributed by atoms with Gasteiger partial charge in [-0.3, -0.25) is 0 Å². The summed E-state index contributed by atoms with van der Waals surface area (Å²) in [5, 5.41) is 4.04. The fourth-order valence-corrected chi connectivity index (χ4v) is 2.21. The molecule has 0 amide bonds. The Morgan fingerprint density at radius 2 is 2.36 bits per heavy atom. The molecule has 1 fully saturated rings. The second kappa shape index (κ2) is 4.62. The number of halogens is 2. The minimum atomic E-state index is 0.108. The van der Waals surface area contributed by atoms with E-state index in [1.165, 1.54) is 0 Å². The van der Waals surface area contributed by atoms with E-state index in [1.54, 1.807) is 0 Å². The van der Waals surface area contributed by atoms with Gasteiger partial charge in [0.2, 0.25) is 0 Å². The van der Waals surface area contributed by atoms with Crippen LogP contribution in [0.3, 0.4) is 0 Å². The Balaban J connectivity index is 2.24. The zero-order valence-corrected chi connectivity index (χ0v) is 9.94. The first-order valence-corrected chi connectivity index (χ1v) is 5.72. The first kappa shape index (κ1) is 10.4. The summed E-state index contributed by atoms with van der Waals surface area (Å²) in [6.07, 6.45) is 0.108. The number of nitrogens with one attached hydrogen (secondary N) is 1. The van der Waals surface area contributed by atoms with Crippen LogP contribution in [0, 0.1) is 0 Å². The summed E-state index contributed by atoms with van der Waals surface area (Å²) in [7, 11) is 0. The minimum Gasteiger partial charge on any atom is -0.371 e. The van der Waals surface area contributed by atoms with Crippen molar-refractivity contribution in [2.75, 3.05) is 19.7 Å². The molecule has 1 heterocycles. The van der Waals surface area contributed by atoms with Gasteiger partial charge in [0, 0.05) is 22.6 Å². The van der Waals surface area contributed by atoms with E-state index < -0.39 is 0 Å². The van der Waals surface area contributed by atoms with Crippen LogP contribution in [0.1, 0.15) is 11.7 Å². The summed E-state index contributed by atoms with van der Waals surface area (Å²) in [5.41, 5.74) is 1.12. The summed E-state index contributed by atoms with van der Waals surface area (Å²) in [6.45, 7) is 2.53. The van der Waals surface area contributed by atoms with Crippen molar-refractivity contribution in [1.82, 2.24) is 5.32 Å². The van der Waals surface area contributed by atoms with E-state index in [4.69, 9.17) is 16.3 Å². The van der Waals surface area contributed by atoms with Gasteiger partial charge in [-0.05, 0) is 23.8 Å². The van der Waals surface area contributed by atoms with Gasteiger partial charge in [0.1, 0.15) is 0 Å². The van der Waals surface area contributed by atoms with Crippen molar-refractivity contribution >= 4 is 27.5 Å². The number of hydrogen-bond acceptors (Lipinski definition) is 2. The summed E-state index contributed by atoms with van der Waals surface area (Å²) in [6, 6.07) is 5.77. The molecule has 0 spiro atoms. The lowest BCUT2D eigenvalue weighted by Gasteiger charge is -2.24. The molecule has 1 N–H and O–H groups in total. The minimum absolute atomic E-state index is 0.108. The maximum atomic E-state index is 5.94. The highest BCUT2D eigenvalue weighted by Crippen LogP contribution is 2.29. The average Bonchev–Trinajstić information content (AvgIpc) is 2.23. The maximum absolute atomic E-state index is 5.94. The van der Waals surface area contributed by atoms with Crippen LogP contribution in [-0.4, -0.2) is 19.7 Å². The molecule has 2 nitrogen and oxygen atoms in total. The van der Waals surface area contributed by atoms with Crippen LogP contribution in [0.25, 0.3) is 0 Å². The van der Waals surface area contributed by atoms with Crippen LogP contribution < -0.4 is 5.32 Å². The van der Waals surface area contributed by atoms with Gasteiger partial charge in [0.25, 0.3) is 0 Å². The van der Waals surface area contributed by atoms with Crippen LogP contribution in [0.2, 0.25) is 5.02 Å². The second-order valence-electron chi connectivity index (χ2n) is 3.23. The molecule has 1 aromatic rings. The predicted octanol–water partition coefficient (Wildman–Crippen LogP) is 2.76. The number of benzene rings is 1. The molecular weight excluding hydrogens is 265 g/mol. The first-order chi connectivity index (χ1) is 6.77. The summed E-state index contributed by atoms with van der Waals surface area (Å²) < 4.78 is 6.70. The van der Waals surface area contributed by atoms with Crippen molar-refractivity contribution in [3.63, 3.8) is 0 Å². The molecule has 76 valence electrons. The number of hydrogen-bond donors (Lipinski definition) is 1. The smallest absolute Gasteiger partial charge is 0.0961 e. The molecule has 1 aliphatic rings. The highest BCUT2D eigenvalue weighted by Gasteiger charge is 2.18. The summed E-state index contributed by atoms with van der Waals surface area (Å²) >= 11 is 9.44. The van der Waals surface area contributed by atoms with Gasteiger partial charge < -0.3 is 10.1 Å². The Labute approximate surface area is 96.7 Å². The third-order valence-corrected chi connectivity index (χ3v) is 3.19. The maximum Gasteiger partial charge on any atom is 0.0961 e. The lowest BCUT2D eigenvalue weighted by atomic mass is 10.1. The molecule has 2 rings (SSSR count). The fraction of sp³-hybridized carbons (Fsp3) is 0.400. The molecule has 0 bridgehead atoms. The lowest BCUT2D eigenvalue weighted by Crippen LogP contribution is -2.33. The second-order valence-corrected chi connectivity index (χ2v) is 4.52. The highest BCUT2D eigenvalue weighted by atomic mass is 79.9. The SMILES string of the molecule is Clc1ccc(Br)c(C2CNCCO2)c1. The van der Waals surface area contributed by atoms with E-state index in [-0.39, 0.29) is 6.10 Å². The molecule has 4 heteroatoms. The lowest BCUT2D eigenvalue weighted by molar-refractivity contribution is 0.0273. The van der Waals surface area contributed by atoms with Crippen LogP contribution in [0.4, 0.5) is 0 Å². The molecule has 0 saturated carbocycles. The Bertz CT molecular complexity index is 326. The van der Waals surface area contributed by atoms with Crippen molar-refractivity contribution < 1.29 is 4.74 Å². The van der Waals surface area contributed by atoms with Gasteiger partial charge in [-0.1, -0.05) is 27.5 Å². The molecule has 1 aliphatic heterocycles. The number of morpholine rings is 1. The number of ether oxygens (including phenoxy) is 1. The fourth-order valence-electron chi connectivity index (χ4n) is 1.53. The quantitative estimate of drug-likeness (QED) is 0.852. The molecule has 1 unspecified atom stereocenters. The standard InChI is InChI=1S/C10H11BrClNO/c11-9-2-1-7(12)5-8(9)10-6-13-3-4-14-10/h1-2,5,10,13H,3-4,6H2. The Morgan fingerprint density at radius 3 is 3.07 bits per heavy atom. The molecule has 1 saturated heterocycles. The van der Waals surface area contributed by atoms with Gasteiger partial charge in [-0.15, -0.1) is 0 Å². The topological polar surface area (TPSA) is 21.3 Å². The Hall–Kier alpha value is -0.0900. The van der Waals surface area contributed by atoms with Crippen molar-refractivity contribution in [2.24, 2.45) is 0 Å². The van der Waals surface area contributed by atoms with E-state index in [0.717, 1.165) is 34.8 Å². The molecule has 0 aliphatic carbocycles. The Morgan fingerprint density at radius 1 is 1.50 bits per heavy atom. The molecule has 0 aromatic heterocycles. The van der Waals surface area contributed by atoms with Crippen LogP contribution >= 0.6 is 27.5 Å². The summed E-state index contributed by atoms with van der Waals surface area (Å²) in [5.74, 6) is 0. The van der Waals surface area contributed by atoms with Gasteiger partial charge in [-0.2, -0.15) is 0 Å². The normalized spacial score (nSPS) is 22.3. The molecular formula is C10H11BrClNO. The predicted molar refractivity (Wildman–Crippen MR) is 60.7 cm³/mol. The van der Waals surface area contributed by atoms with E-state index in [1.807, 2.05) is 18.2 Å². The van der Waals surface area contributed by atoms with E-state index in [9.17, 15) is 0 Å². The van der Waals surface area contributed by atoms with Crippen LogP contribution in [0.5, 0.6) is 0 Å². The van der Waals surface area contributed by atoms with E-state index in [2.05, 4.69) is 21.2 Å². The first-order valence-electron chi connectivity index (χ1n) is 4.54. The van der Waals surface area contributed by atoms with Gasteiger partial charge >= 0.3 is 0 Å². The highest BCUT2D eigenvalue weighted by molar-refractivity contribution is 9.10. The van der Waals surface area contributed by atoms with E-state index >= 15 is 0 Å². The third-order valence-electron chi connectivity index (χ3n) is 2.23. The molecule has 0 radical (unpaired) electrons. The van der Waals surface area contributed by atoms with Crippen LogP contribution in [0.15, 0.2) is 22.7 Å². The van der Waals surface area contributed by atoms with Gasteiger partial charge in [0.05, 0.1) is 12.7 Å². The molecule has 14 heavy (non-hydrogen) atoms. The largest absolute Gasteiger partial charge is 0.371 e. The third kappa shape index (κ3) is 2.28.